The van der Waals surface area contributed by atoms with Gasteiger partial charge < -0.3 is 10.5 Å². The molecule has 6 heteroatoms. The molecule has 0 aliphatic rings. The van der Waals surface area contributed by atoms with Crippen molar-refractivity contribution < 1.29 is 13.2 Å². The minimum absolute atomic E-state index is 0.208. The molecule has 0 aliphatic heterocycles. The molecule has 0 rings (SSSR count). The molecule has 0 unspecified atom stereocenters. The highest BCUT2D eigenvalue weighted by atomic mass is 32.2. The third-order valence-corrected chi connectivity index (χ3v) is 5.08. The zero-order valence-electron chi connectivity index (χ0n) is 12.1. The summed E-state index contributed by atoms with van der Waals surface area (Å²) in [7, 11) is -2.96. The number of nitrogens with zero attached hydrogens (tertiary/aromatic N) is 1. The molecule has 0 fully saturated rings. The van der Waals surface area contributed by atoms with Crippen LogP contribution in [0.1, 0.15) is 27.7 Å². The van der Waals surface area contributed by atoms with Crippen LogP contribution in [0.15, 0.2) is 0 Å². The number of hydrogen-bond acceptors (Lipinski definition) is 5. The molecule has 0 spiro atoms. The van der Waals surface area contributed by atoms with Gasteiger partial charge in [-0.25, -0.2) is 8.42 Å². The zero-order valence-corrected chi connectivity index (χ0v) is 12.9. The smallest absolute Gasteiger partial charge is 0.153 e. The van der Waals surface area contributed by atoms with Crippen LogP contribution in [0, 0.1) is 0 Å². The molecular weight excluding hydrogens is 252 g/mol. The Kier molecular flexibility index (Phi) is 8.77. The number of nitrogens with two attached hydrogens (primary N) is 1. The minimum atomic E-state index is -2.96. The molecular formula is C12H28N2O3S. The lowest BCUT2D eigenvalue weighted by Gasteiger charge is -2.26. The molecule has 0 aromatic heterocycles. The summed E-state index contributed by atoms with van der Waals surface area (Å²) >= 11 is 0. The van der Waals surface area contributed by atoms with Crippen LogP contribution in [0.5, 0.6) is 0 Å². The highest BCUT2D eigenvalue weighted by molar-refractivity contribution is 7.92. The summed E-state index contributed by atoms with van der Waals surface area (Å²) in [5.41, 5.74) is 5.34. The van der Waals surface area contributed by atoms with Crippen LogP contribution in [0.3, 0.4) is 0 Å². The Morgan fingerprint density at radius 2 is 1.72 bits per heavy atom. The van der Waals surface area contributed by atoms with E-state index in [0.717, 1.165) is 6.54 Å². The highest BCUT2D eigenvalue weighted by Crippen LogP contribution is 2.04. The van der Waals surface area contributed by atoms with Crippen LogP contribution >= 0.6 is 0 Å². The molecule has 0 bridgehead atoms. The maximum Gasteiger partial charge on any atom is 0.153 e. The van der Waals surface area contributed by atoms with Crippen LogP contribution in [0.2, 0.25) is 0 Å². The molecule has 0 amide bonds. The summed E-state index contributed by atoms with van der Waals surface area (Å²) in [5.74, 6) is 0.208. The first kappa shape index (κ1) is 17.8. The van der Waals surface area contributed by atoms with Crippen molar-refractivity contribution in [2.45, 2.75) is 39.0 Å². The van der Waals surface area contributed by atoms with E-state index in [2.05, 4.69) is 18.7 Å². The molecule has 0 aromatic carbocycles. The van der Waals surface area contributed by atoms with E-state index in [0.29, 0.717) is 32.3 Å². The first-order valence-corrected chi connectivity index (χ1v) is 8.26. The van der Waals surface area contributed by atoms with Gasteiger partial charge in [-0.3, -0.25) is 4.90 Å². The predicted molar refractivity (Wildman–Crippen MR) is 75.5 cm³/mol. The summed E-state index contributed by atoms with van der Waals surface area (Å²) in [4.78, 5) is 2.12. The van der Waals surface area contributed by atoms with E-state index in [-0.39, 0.29) is 11.0 Å². The molecule has 0 atom stereocenters. The number of hydrogen-bond donors (Lipinski definition) is 1. The van der Waals surface area contributed by atoms with Crippen molar-refractivity contribution >= 4 is 9.84 Å². The second-order valence-corrected chi connectivity index (χ2v) is 7.62. The second kappa shape index (κ2) is 8.85. The molecule has 0 aromatic rings. The van der Waals surface area contributed by atoms with Gasteiger partial charge in [0, 0.05) is 25.7 Å². The van der Waals surface area contributed by atoms with Crippen LogP contribution in [-0.2, 0) is 14.6 Å². The molecule has 18 heavy (non-hydrogen) atoms. The molecule has 0 radical (unpaired) electrons. The molecule has 0 saturated heterocycles. The Morgan fingerprint density at radius 3 is 2.17 bits per heavy atom. The Morgan fingerprint density at radius 1 is 1.11 bits per heavy atom. The maximum absolute atomic E-state index is 11.8. The van der Waals surface area contributed by atoms with Crippen LogP contribution in [-0.4, -0.2) is 63.2 Å². The van der Waals surface area contributed by atoms with Crippen molar-refractivity contribution in [1.29, 1.82) is 0 Å². The van der Waals surface area contributed by atoms with Crippen molar-refractivity contribution in [3.63, 3.8) is 0 Å². The monoisotopic (exact) mass is 280 g/mol. The van der Waals surface area contributed by atoms with Gasteiger partial charge in [0.25, 0.3) is 0 Å². The number of rotatable bonds is 10. The van der Waals surface area contributed by atoms with Crippen molar-refractivity contribution in [1.82, 2.24) is 4.90 Å². The van der Waals surface area contributed by atoms with Crippen molar-refractivity contribution in [2.75, 3.05) is 38.6 Å². The van der Waals surface area contributed by atoms with Crippen molar-refractivity contribution in [3.8, 4) is 0 Å². The summed E-state index contributed by atoms with van der Waals surface area (Å²) in [6.07, 6.45) is 0. The van der Waals surface area contributed by atoms with E-state index in [1.165, 1.54) is 0 Å². The summed E-state index contributed by atoms with van der Waals surface area (Å²) in [5, 5.41) is -0.306. The average molecular weight is 280 g/mol. The second-order valence-electron chi connectivity index (χ2n) is 4.95. The fourth-order valence-electron chi connectivity index (χ4n) is 1.48. The first-order valence-electron chi connectivity index (χ1n) is 6.54. The van der Waals surface area contributed by atoms with Gasteiger partial charge in [-0.05, 0) is 27.7 Å². The molecule has 0 aliphatic carbocycles. The van der Waals surface area contributed by atoms with Crippen LogP contribution in [0.4, 0.5) is 0 Å². The van der Waals surface area contributed by atoms with Gasteiger partial charge in [0.15, 0.2) is 9.84 Å². The first-order chi connectivity index (χ1) is 8.31. The van der Waals surface area contributed by atoms with E-state index in [1.807, 2.05) is 0 Å². The standard InChI is InChI=1S/C12H28N2O3S/c1-11(2)14(6-9-17-8-5-13)7-10-18(15,16)12(3)4/h11-12H,5-10,13H2,1-4H3. The fraction of sp³-hybridized carbons (Fsp3) is 1.00. The Labute approximate surface area is 112 Å². The molecule has 5 nitrogen and oxygen atoms in total. The van der Waals surface area contributed by atoms with E-state index < -0.39 is 9.84 Å². The van der Waals surface area contributed by atoms with Gasteiger partial charge in [-0.1, -0.05) is 0 Å². The third-order valence-electron chi connectivity index (χ3n) is 2.90. The lowest BCUT2D eigenvalue weighted by molar-refractivity contribution is 0.100. The van der Waals surface area contributed by atoms with Gasteiger partial charge in [-0.15, -0.1) is 0 Å². The molecule has 110 valence electrons. The topological polar surface area (TPSA) is 72.6 Å². The van der Waals surface area contributed by atoms with Crippen LogP contribution < -0.4 is 5.73 Å². The van der Waals surface area contributed by atoms with Crippen LogP contribution in [0.25, 0.3) is 0 Å². The maximum atomic E-state index is 11.8. The summed E-state index contributed by atoms with van der Waals surface area (Å²) in [6.45, 7) is 10.5. The quantitative estimate of drug-likeness (QED) is 0.590. The Balaban J connectivity index is 4.13. The zero-order chi connectivity index (χ0) is 14.2. The Bertz CT molecular complexity index is 302. The van der Waals surface area contributed by atoms with Gasteiger partial charge in [-0.2, -0.15) is 0 Å². The molecule has 2 N–H and O–H groups in total. The van der Waals surface area contributed by atoms with Gasteiger partial charge in [0.05, 0.1) is 24.2 Å². The number of sulfone groups is 1. The van der Waals surface area contributed by atoms with Gasteiger partial charge >= 0.3 is 0 Å². The van der Waals surface area contributed by atoms with Crippen molar-refractivity contribution in [3.05, 3.63) is 0 Å². The van der Waals surface area contributed by atoms with Crippen molar-refractivity contribution in [2.24, 2.45) is 5.73 Å². The lowest BCUT2D eigenvalue weighted by Crippen LogP contribution is -2.38. The van der Waals surface area contributed by atoms with E-state index in [9.17, 15) is 8.42 Å². The fourth-order valence-corrected chi connectivity index (χ4v) is 2.44. The number of ether oxygens (including phenoxy) is 1. The molecule has 0 heterocycles. The van der Waals surface area contributed by atoms with Gasteiger partial charge in [0.2, 0.25) is 0 Å². The average Bonchev–Trinajstić information content (AvgIpc) is 2.27. The van der Waals surface area contributed by atoms with E-state index in [1.54, 1.807) is 13.8 Å². The van der Waals surface area contributed by atoms with E-state index in [4.69, 9.17) is 10.5 Å². The largest absolute Gasteiger partial charge is 0.379 e. The van der Waals surface area contributed by atoms with E-state index >= 15 is 0 Å². The minimum Gasteiger partial charge on any atom is -0.379 e. The Hall–Kier alpha value is -0.170. The summed E-state index contributed by atoms with van der Waals surface area (Å²) in [6, 6.07) is 0.314. The van der Waals surface area contributed by atoms with Gasteiger partial charge in [0.1, 0.15) is 0 Å². The highest BCUT2D eigenvalue weighted by Gasteiger charge is 2.18. The third kappa shape index (κ3) is 7.31. The summed E-state index contributed by atoms with van der Waals surface area (Å²) < 4.78 is 28.8. The molecule has 0 saturated carbocycles. The SMILES string of the molecule is CC(C)N(CCOCCN)CCS(=O)(=O)C(C)C. The predicted octanol–water partition coefficient (Wildman–Crippen LogP) is 0.495. The lowest BCUT2D eigenvalue weighted by atomic mass is 10.3. The normalized spacial score (nSPS) is 12.9.